The van der Waals surface area contributed by atoms with Crippen molar-refractivity contribution in [2.45, 2.75) is 63.0 Å². The molecule has 2 N–H and O–H groups in total. The second kappa shape index (κ2) is 7.88. The zero-order valence-corrected chi connectivity index (χ0v) is 20.2. The number of carbonyl (C=O) groups excluding carboxylic acids is 1. The molecule has 1 saturated heterocycles. The van der Waals surface area contributed by atoms with E-state index in [1.807, 2.05) is 36.6 Å². The number of thioether (sulfide) groups is 1. The summed E-state index contributed by atoms with van der Waals surface area (Å²) in [7, 11) is 0. The molecule has 6 rings (SSSR count). The highest BCUT2D eigenvalue weighted by molar-refractivity contribution is 8.00. The first-order valence-corrected chi connectivity index (χ1v) is 12.9. The number of hydrogen-bond acceptors (Lipinski definition) is 5. The predicted octanol–water partition coefficient (Wildman–Crippen LogP) is 3.34. The molecule has 178 valence electrons. The van der Waals surface area contributed by atoms with Gasteiger partial charge in [0, 0.05) is 18.7 Å². The standard InChI is InChI=1S/C25H28N4O4S/c1-25(2)12-16(8-10-33-25)29-22-19(23(31)27-29)21(34-13-18(30)26-22)17-11-15-6-3-5-14-7-4-9-28(20(14)15)24(17)32/h3,5-6,11,16,21H,4,7-10,12-13H2,1-2H3,(H,26,30)(H,27,31)/t16-,21+/m1/s1. The van der Waals surface area contributed by atoms with Gasteiger partial charge < -0.3 is 14.6 Å². The number of benzene rings is 1. The molecule has 0 aliphatic carbocycles. The number of fused-ring (bicyclic) bond motifs is 1. The van der Waals surface area contributed by atoms with Crippen molar-refractivity contribution < 1.29 is 9.53 Å². The van der Waals surface area contributed by atoms with Crippen LogP contribution in [0.4, 0.5) is 5.82 Å². The third-order valence-electron chi connectivity index (χ3n) is 7.23. The summed E-state index contributed by atoms with van der Waals surface area (Å²) in [6, 6.07) is 8.04. The number of carbonyl (C=O) groups is 1. The Morgan fingerprint density at radius 2 is 2.06 bits per heavy atom. The Kier molecular flexibility index (Phi) is 5.04. The molecule has 3 aromatic rings. The molecule has 0 radical (unpaired) electrons. The van der Waals surface area contributed by atoms with Crippen LogP contribution in [0.5, 0.6) is 0 Å². The van der Waals surface area contributed by atoms with Crippen LogP contribution < -0.4 is 16.4 Å². The number of pyridine rings is 1. The Morgan fingerprint density at radius 1 is 1.21 bits per heavy atom. The van der Waals surface area contributed by atoms with E-state index in [4.69, 9.17) is 4.74 Å². The van der Waals surface area contributed by atoms with Crippen LogP contribution in [-0.2, 0) is 22.5 Å². The van der Waals surface area contributed by atoms with Crippen LogP contribution in [0, 0.1) is 0 Å². The second-order valence-corrected chi connectivity index (χ2v) is 11.2. The minimum Gasteiger partial charge on any atom is -0.375 e. The van der Waals surface area contributed by atoms with Crippen LogP contribution in [-0.4, -0.2) is 38.2 Å². The summed E-state index contributed by atoms with van der Waals surface area (Å²) < 4.78 is 9.52. The number of H-pyrrole nitrogens is 1. The molecular formula is C25H28N4O4S. The van der Waals surface area contributed by atoms with Gasteiger partial charge in [-0.3, -0.25) is 24.2 Å². The number of aromatic nitrogens is 3. The Hall–Kier alpha value is -2.78. The fourth-order valence-electron chi connectivity index (χ4n) is 5.76. The average Bonchev–Trinajstić information content (AvgIpc) is 3.01. The van der Waals surface area contributed by atoms with Gasteiger partial charge in [-0.05, 0) is 56.5 Å². The van der Waals surface area contributed by atoms with Crippen molar-refractivity contribution in [1.82, 2.24) is 14.3 Å². The Balaban J connectivity index is 1.53. The molecule has 9 heteroatoms. The van der Waals surface area contributed by atoms with Crippen LogP contribution in [0.3, 0.4) is 0 Å². The van der Waals surface area contributed by atoms with Gasteiger partial charge in [0.1, 0.15) is 5.82 Å². The van der Waals surface area contributed by atoms with Crippen molar-refractivity contribution >= 4 is 34.4 Å². The van der Waals surface area contributed by atoms with Gasteiger partial charge in [-0.1, -0.05) is 18.2 Å². The first-order chi connectivity index (χ1) is 16.3. The highest BCUT2D eigenvalue weighted by Gasteiger charge is 2.37. The fourth-order valence-corrected chi connectivity index (χ4v) is 6.88. The van der Waals surface area contributed by atoms with E-state index in [-0.39, 0.29) is 34.4 Å². The lowest BCUT2D eigenvalue weighted by atomic mass is 9.94. The zero-order chi connectivity index (χ0) is 23.6. The summed E-state index contributed by atoms with van der Waals surface area (Å²) in [6.45, 7) is 5.31. The molecular weight excluding hydrogens is 452 g/mol. The normalized spacial score (nSPS) is 23.9. The maximum absolute atomic E-state index is 13.7. The highest BCUT2D eigenvalue weighted by Crippen LogP contribution is 2.42. The van der Waals surface area contributed by atoms with E-state index in [2.05, 4.69) is 16.5 Å². The molecule has 0 saturated carbocycles. The van der Waals surface area contributed by atoms with Gasteiger partial charge in [0.15, 0.2) is 0 Å². The molecule has 2 atom stereocenters. The van der Waals surface area contributed by atoms with Gasteiger partial charge in [0.25, 0.3) is 11.1 Å². The molecule has 0 bridgehead atoms. The van der Waals surface area contributed by atoms with Crippen LogP contribution in [0.25, 0.3) is 10.9 Å². The SMILES string of the molecule is CC1(C)C[C@H](n2[nH]c(=O)c3c2NC(=O)CS[C@H]3c2cc3cccc4c3n(c2=O)CCC4)CCO1. The quantitative estimate of drug-likeness (QED) is 0.586. The minimum absolute atomic E-state index is 0.00864. The number of ether oxygens (including phenoxy) is 1. The third-order valence-corrected chi connectivity index (χ3v) is 8.49. The lowest BCUT2D eigenvalue weighted by molar-refractivity contribution is -0.113. The van der Waals surface area contributed by atoms with E-state index in [0.29, 0.717) is 36.5 Å². The topological polar surface area (TPSA) is 98.1 Å². The molecule has 5 heterocycles. The summed E-state index contributed by atoms with van der Waals surface area (Å²) in [5, 5.41) is 6.42. The molecule has 0 unspecified atom stereocenters. The largest absolute Gasteiger partial charge is 0.375 e. The third kappa shape index (κ3) is 3.44. The maximum atomic E-state index is 13.7. The molecule has 1 aromatic carbocycles. The smallest absolute Gasteiger partial charge is 0.270 e. The number of nitrogens with zero attached hydrogens (tertiary/aromatic N) is 2. The number of anilines is 1. The van der Waals surface area contributed by atoms with Crippen molar-refractivity contribution in [2.24, 2.45) is 0 Å². The number of amides is 1. The van der Waals surface area contributed by atoms with E-state index < -0.39 is 5.25 Å². The summed E-state index contributed by atoms with van der Waals surface area (Å²) in [4.78, 5) is 39.8. The maximum Gasteiger partial charge on any atom is 0.270 e. The van der Waals surface area contributed by atoms with Gasteiger partial charge in [0.05, 0.1) is 33.7 Å². The highest BCUT2D eigenvalue weighted by atomic mass is 32.2. The number of aromatic amines is 1. The van der Waals surface area contributed by atoms with E-state index >= 15 is 0 Å². The zero-order valence-electron chi connectivity index (χ0n) is 19.3. The first kappa shape index (κ1) is 21.7. The number of nitrogens with one attached hydrogen (secondary N) is 2. The van der Waals surface area contributed by atoms with Gasteiger partial charge in [-0.15, -0.1) is 11.8 Å². The van der Waals surface area contributed by atoms with Crippen LogP contribution in [0.15, 0.2) is 33.9 Å². The number of hydrogen-bond donors (Lipinski definition) is 2. The molecule has 1 fully saturated rings. The average molecular weight is 481 g/mol. The Bertz CT molecular complexity index is 1430. The molecule has 3 aliphatic heterocycles. The second-order valence-electron chi connectivity index (χ2n) is 10.1. The van der Waals surface area contributed by atoms with Crippen molar-refractivity contribution in [2.75, 3.05) is 17.7 Å². The van der Waals surface area contributed by atoms with Crippen molar-refractivity contribution in [3.63, 3.8) is 0 Å². The number of rotatable bonds is 2. The molecule has 2 aromatic heterocycles. The van der Waals surface area contributed by atoms with E-state index in [0.717, 1.165) is 30.2 Å². The molecule has 8 nitrogen and oxygen atoms in total. The van der Waals surface area contributed by atoms with Crippen LogP contribution >= 0.6 is 11.8 Å². The van der Waals surface area contributed by atoms with E-state index in [9.17, 15) is 14.4 Å². The predicted molar refractivity (Wildman–Crippen MR) is 133 cm³/mol. The van der Waals surface area contributed by atoms with E-state index in [1.165, 1.54) is 17.3 Å². The molecule has 1 amide bonds. The molecule has 0 spiro atoms. The van der Waals surface area contributed by atoms with Gasteiger partial charge in [0.2, 0.25) is 5.91 Å². The monoisotopic (exact) mass is 480 g/mol. The van der Waals surface area contributed by atoms with Crippen LogP contribution in [0.2, 0.25) is 0 Å². The molecule has 34 heavy (non-hydrogen) atoms. The Labute approximate surface area is 200 Å². The summed E-state index contributed by atoms with van der Waals surface area (Å²) in [5.41, 5.74) is 2.54. The van der Waals surface area contributed by atoms with Crippen molar-refractivity contribution in [1.29, 1.82) is 0 Å². The van der Waals surface area contributed by atoms with Gasteiger partial charge in [-0.2, -0.15) is 0 Å². The first-order valence-electron chi connectivity index (χ1n) is 11.9. The lowest BCUT2D eigenvalue weighted by Crippen LogP contribution is -2.36. The summed E-state index contributed by atoms with van der Waals surface area (Å²) >= 11 is 1.34. The summed E-state index contributed by atoms with van der Waals surface area (Å²) in [5.74, 6) is 0.493. The van der Waals surface area contributed by atoms with Crippen molar-refractivity contribution in [3.05, 3.63) is 61.7 Å². The van der Waals surface area contributed by atoms with Gasteiger partial charge in [-0.25, -0.2) is 0 Å². The van der Waals surface area contributed by atoms with Crippen molar-refractivity contribution in [3.8, 4) is 0 Å². The molecule has 3 aliphatic rings. The Morgan fingerprint density at radius 3 is 2.88 bits per heavy atom. The van der Waals surface area contributed by atoms with Crippen LogP contribution in [0.1, 0.15) is 61.1 Å². The van der Waals surface area contributed by atoms with E-state index in [1.54, 1.807) is 4.68 Å². The number of para-hydroxylation sites is 1. The van der Waals surface area contributed by atoms with Gasteiger partial charge >= 0.3 is 0 Å². The summed E-state index contributed by atoms with van der Waals surface area (Å²) in [6.07, 6.45) is 3.32. The lowest BCUT2D eigenvalue weighted by Gasteiger charge is -2.36. The fraction of sp³-hybridized carbons (Fsp3) is 0.480. The number of aryl methyl sites for hydroxylation is 2. The minimum atomic E-state index is -0.530.